The summed E-state index contributed by atoms with van der Waals surface area (Å²) in [7, 11) is 0. The SMILES string of the molecule is CCNCc1cc(CC)nc(OCC2CCCCO2)c1. The van der Waals surface area contributed by atoms with Gasteiger partial charge in [-0.2, -0.15) is 0 Å². The minimum atomic E-state index is 0.230. The summed E-state index contributed by atoms with van der Waals surface area (Å²) in [5, 5.41) is 3.34. The maximum absolute atomic E-state index is 5.84. The first-order valence-electron chi connectivity index (χ1n) is 7.76. The standard InChI is InChI=1S/C16H26N2O2/c1-3-14-9-13(11-17-4-2)10-16(18-14)20-12-15-7-5-6-8-19-15/h9-10,15,17H,3-8,11-12H2,1-2H3. The molecule has 0 saturated carbocycles. The molecule has 1 fully saturated rings. The first-order chi connectivity index (χ1) is 9.81. The van der Waals surface area contributed by atoms with Crippen molar-refractivity contribution in [1.82, 2.24) is 10.3 Å². The fourth-order valence-electron chi connectivity index (χ4n) is 2.36. The van der Waals surface area contributed by atoms with Gasteiger partial charge in [0, 0.05) is 24.9 Å². The molecule has 1 aliphatic rings. The number of aromatic nitrogens is 1. The number of hydrogen-bond acceptors (Lipinski definition) is 4. The van der Waals surface area contributed by atoms with Gasteiger partial charge in [-0.15, -0.1) is 0 Å². The molecule has 2 rings (SSSR count). The number of nitrogens with one attached hydrogen (secondary N) is 1. The van der Waals surface area contributed by atoms with Crippen molar-refractivity contribution >= 4 is 0 Å². The predicted octanol–water partition coefficient (Wildman–Crippen LogP) is 2.70. The zero-order valence-electron chi connectivity index (χ0n) is 12.7. The molecule has 0 bridgehead atoms. The fourth-order valence-corrected chi connectivity index (χ4v) is 2.36. The molecular formula is C16H26N2O2. The van der Waals surface area contributed by atoms with E-state index < -0.39 is 0 Å². The molecule has 1 atom stereocenters. The predicted molar refractivity (Wildman–Crippen MR) is 80.1 cm³/mol. The topological polar surface area (TPSA) is 43.4 Å². The second-order valence-electron chi connectivity index (χ2n) is 5.24. The van der Waals surface area contributed by atoms with Crippen LogP contribution in [0.4, 0.5) is 0 Å². The van der Waals surface area contributed by atoms with Gasteiger partial charge in [0.2, 0.25) is 5.88 Å². The van der Waals surface area contributed by atoms with E-state index in [2.05, 4.69) is 30.2 Å². The van der Waals surface area contributed by atoms with E-state index in [0.29, 0.717) is 6.61 Å². The Balaban J connectivity index is 1.94. The third-order valence-corrected chi connectivity index (χ3v) is 3.55. The lowest BCUT2D eigenvalue weighted by atomic mass is 10.1. The maximum atomic E-state index is 5.84. The average molecular weight is 278 g/mol. The van der Waals surface area contributed by atoms with Gasteiger partial charge in [-0.25, -0.2) is 4.98 Å². The van der Waals surface area contributed by atoms with E-state index in [-0.39, 0.29) is 6.10 Å². The minimum Gasteiger partial charge on any atom is -0.475 e. The third kappa shape index (κ3) is 4.76. The zero-order valence-corrected chi connectivity index (χ0v) is 12.7. The summed E-state index contributed by atoms with van der Waals surface area (Å²) in [6.45, 7) is 7.54. The summed E-state index contributed by atoms with van der Waals surface area (Å²) in [5.74, 6) is 0.728. The van der Waals surface area contributed by atoms with Crippen molar-refractivity contribution in [3.8, 4) is 5.88 Å². The Bertz CT molecular complexity index is 403. The molecule has 4 heteroatoms. The largest absolute Gasteiger partial charge is 0.475 e. The molecule has 1 N–H and O–H groups in total. The van der Waals surface area contributed by atoms with Crippen LogP contribution in [0.1, 0.15) is 44.4 Å². The molecule has 1 aliphatic heterocycles. The van der Waals surface area contributed by atoms with Gasteiger partial charge < -0.3 is 14.8 Å². The molecule has 20 heavy (non-hydrogen) atoms. The number of rotatable bonds is 7. The van der Waals surface area contributed by atoms with Crippen LogP contribution in [0.5, 0.6) is 5.88 Å². The quantitative estimate of drug-likeness (QED) is 0.833. The van der Waals surface area contributed by atoms with E-state index >= 15 is 0 Å². The minimum absolute atomic E-state index is 0.230. The first-order valence-corrected chi connectivity index (χ1v) is 7.76. The van der Waals surface area contributed by atoms with E-state index in [1.54, 1.807) is 0 Å². The Morgan fingerprint density at radius 3 is 2.95 bits per heavy atom. The highest BCUT2D eigenvalue weighted by Gasteiger charge is 2.15. The molecule has 1 unspecified atom stereocenters. The smallest absolute Gasteiger partial charge is 0.213 e. The van der Waals surface area contributed by atoms with Crippen LogP contribution in [0.2, 0.25) is 0 Å². The summed E-state index contributed by atoms with van der Waals surface area (Å²) >= 11 is 0. The van der Waals surface area contributed by atoms with E-state index in [0.717, 1.165) is 44.1 Å². The molecule has 1 aromatic heterocycles. The van der Waals surface area contributed by atoms with Crippen LogP contribution in [-0.4, -0.2) is 30.8 Å². The zero-order chi connectivity index (χ0) is 14.2. The van der Waals surface area contributed by atoms with Gasteiger partial charge in [-0.1, -0.05) is 13.8 Å². The summed E-state index contributed by atoms with van der Waals surface area (Å²) in [6.07, 6.45) is 4.66. The Morgan fingerprint density at radius 1 is 1.35 bits per heavy atom. The van der Waals surface area contributed by atoms with Gasteiger partial charge in [0.1, 0.15) is 6.61 Å². The van der Waals surface area contributed by atoms with Crippen LogP contribution < -0.4 is 10.1 Å². The number of hydrogen-bond donors (Lipinski definition) is 1. The molecule has 4 nitrogen and oxygen atoms in total. The van der Waals surface area contributed by atoms with Crippen molar-refractivity contribution in [2.24, 2.45) is 0 Å². The maximum Gasteiger partial charge on any atom is 0.213 e. The van der Waals surface area contributed by atoms with Crippen LogP contribution >= 0.6 is 0 Å². The summed E-state index contributed by atoms with van der Waals surface area (Å²) in [6, 6.07) is 4.18. The van der Waals surface area contributed by atoms with Gasteiger partial charge in [-0.3, -0.25) is 0 Å². The first kappa shape index (κ1) is 15.3. The molecule has 0 aliphatic carbocycles. The van der Waals surface area contributed by atoms with Crippen molar-refractivity contribution in [2.75, 3.05) is 19.8 Å². The lowest BCUT2D eigenvalue weighted by Crippen LogP contribution is -2.26. The molecule has 0 radical (unpaired) electrons. The van der Waals surface area contributed by atoms with E-state index in [4.69, 9.17) is 9.47 Å². The normalized spacial score (nSPS) is 19.0. The summed E-state index contributed by atoms with van der Waals surface area (Å²) < 4.78 is 11.5. The number of pyridine rings is 1. The molecule has 1 aromatic rings. The number of aryl methyl sites for hydroxylation is 1. The molecular weight excluding hydrogens is 252 g/mol. The van der Waals surface area contributed by atoms with Crippen LogP contribution in [0.25, 0.3) is 0 Å². The van der Waals surface area contributed by atoms with Gasteiger partial charge in [0.25, 0.3) is 0 Å². The van der Waals surface area contributed by atoms with Crippen LogP contribution in [0.3, 0.4) is 0 Å². The van der Waals surface area contributed by atoms with Crippen molar-refractivity contribution in [2.45, 2.75) is 52.2 Å². The Labute approximate surface area is 121 Å². The van der Waals surface area contributed by atoms with Gasteiger partial charge in [-0.05, 0) is 43.9 Å². The number of ether oxygens (including phenoxy) is 2. The highest BCUT2D eigenvalue weighted by molar-refractivity contribution is 5.25. The molecule has 1 saturated heterocycles. The Hall–Kier alpha value is -1.13. The Kier molecular flexibility index (Phi) is 6.27. The summed E-state index contributed by atoms with van der Waals surface area (Å²) in [5.41, 5.74) is 2.32. The fraction of sp³-hybridized carbons (Fsp3) is 0.688. The lowest BCUT2D eigenvalue weighted by molar-refractivity contribution is -0.0119. The third-order valence-electron chi connectivity index (χ3n) is 3.55. The van der Waals surface area contributed by atoms with Crippen LogP contribution in [-0.2, 0) is 17.7 Å². The second-order valence-corrected chi connectivity index (χ2v) is 5.24. The molecule has 0 spiro atoms. The number of nitrogens with zero attached hydrogens (tertiary/aromatic N) is 1. The van der Waals surface area contributed by atoms with Crippen molar-refractivity contribution in [3.63, 3.8) is 0 Å². The van der Waals surface area contributed by atoms with Crippen molar-refractivity contribution in [3.05, 3.63) is 23.4 Å². The highest BCUT2D eigenvalue weighted by Crippen LogP contribution is 2.17. The Morgan fingerprint density at radius 2 is 2.25 bits per heavy atom. The monoisotopic (exact) mass is 278 g/mol. The van der Waals surface area contributed by atoms with Crippen molar-refractivity contribution in [1.29, 1.82) is 0 Å². The van der Waals surface area contributed by atoms with Crippen LogP contribution in [0.15, 0.2) is 12.1 Å². The molecule has 0 amide bonds. The second kappa shape index (κ2) is 8.22. The van der Waals surface area contributed by atoms with Gasteiger partial charge in [0.05, 0.1) is 6.10 Å². The van der Waals surface area contributed by atoms with E-state index in [9.17, 15) is 0 Å². The average Bonchev–Trinajstić information content (AvgIpc) is 2.51. The summed E-state index contributed by atoms with van der Waals surface area (Å²) in [4.78, 5) is 4.54. The molecule has 2 heterocycles. The van der Waals surface area contributed by atoms with Gasteiger partial charge in [0.15, 0.2) is 0 Å². The lowest BCUT2D eigenvalue weighted by Gasteiger charge is -2.22. The van der Waals surface area contributed by atoms with Crippen molar-refractivity contribution < 1.29 is 9.47 Å². The van der Waals surface area contributed by atoms with E-state index in [1.165, 1.54) is 18.4 Å². The molecule has 112 valence electrons. The highest BCUT2D eigenvalue weighted by atomic mass is 16.5. The molecule has 0 aromatic carbocycles. The van der Waals surface area contributed by atoms with Gasteiger partial charge >= 0.3 is 0 Å². The van der Waals surface area contributed by atoms with Crippen LogP contribution in [0, 0.1) is 0 Å². The van der Waals surface area contributed by atoms with E-state index in [1.807, 2.05) is 6.07 Å².